The lowest BCUT2D eigenvalue weighted by Gasteiger charge is -2.05. The molecule has 5 rings (SSSR count). The van der Waals surface area contributed by atoms with Gasteiger partial charge in [0, 0.05) is 27.6 Å². The highest BCUT2D eigenvalue weighted by Crippen LogP contribution is 2.29. The van der Waals surface area contributed by atoms with Crippen molar-refractivity contribution in [3.8, 4) is 21.8 Å². The summed E-state index contributed by atoms with van der Waals surface area (Å²) in [7, 11) is 0. The van der Waals surface area contributed by atoms with Gasteiger partial charge in [-0.05, 0) is 43.2 Å². The maximum atomic E-state index is 12.6. The summed E-state index contributed by atoms with van der Waals surface area (Å²) in [6, 6.07) is 21.9. The smallest absolute Gasteiger partial charge is 0.230 e. The molecule has 0 aliphatic rings. The summed E-state index contributed by atoms with van der Waals surface area (Å²) in [6.45, 7) is 4.01. The molecule has 0 saturated carbocycles. The molecule has 0 fully saturated rings. The highest BCUT2D eigenvalue weighted by Gasteiger charge is 2.15. The summed E-state index contributed by atoms with van der Waals surface area (Å²) in [6.07, 6.45) is 0.157. The molecule has 5 nitrogen and oxygen atoms in total. The van der Waals surface area contributed by atoms with E-state index >= 15 is 0 Å². The van der Waals surface area contributed by atoms with Crippen LogP contribution in [0.4, 0.5) is 5.69 Å². The van der Waals surface area contributed by atoms with Gasteiger partial charge in [0.15, 0.2) is 5.58 Å². The molecule has 0 saturated heterocycles. The Balaban J connectivity index is 1.28. The minimum absolute atomic E-state index is 0.132. The van der Waals surface area contributed by atoms with E-state index in [4.69, 9.17) is 9.51 Å². The Kier molecular flexibility index (Phi) is 5.29. The zero-order valence-corrected chi connectivity index (χ0v) is 18.6. The molecule has 6 heteroatoms. The van der Waals surface area contributed by atoms with Crippen LogP contribution in [0.25, 0.3) is 32.8 Å². The van der Waals surface area contributed by atoms with Gasteiger partial charge in [0.2, 0.25) is 5.91 Å². The number of aromatic nitrogens is 2. The minimum atomic E-state index is -0.132. The topological polar surface area (TPSA) is 68.0 Å². The van der Waals surface area contributed by atoms with Gasteiger partial charge in [-0.25, -0.2) is 4.98 Å². The first-order valence-corrected chi connectivity index (χ1v) is 11.2. The average Bonchev–Trinajstić information content (AvgIpc) is 3.43. The van der Waals surface area contributed by atoms with Crippen LogP contribution in [0.5, 0.6) is 0 Å². The quantitative estimate of drug-likeness (QED) is 0.343. The van der Waals surface area contributed by atoms with E-state index in [-0.39, 0.29) is 12.3 Å². The van der Waals surface area contributed by atoms with E-state index in [1.165, 1.54) is 0 Å². The Morgan fingerprint density at radius 3 is 2.56 bits per heavy atom. The predicted molar refractivity (Wildman–Crippen MR) is 129 cm³/mol. The lowest BCUT2D eigenvalue weighted by atomic mass is 10.1. The SMILES string of the molecule is Cc1cc(C)c2onc(CC(=O)Nc3ccc(-c4csc(-c5ccccc5)n4)cc3)c2c1. The fourth-order valence-corrected chi connectivity index (χ4v) is 4.60. The summed E-state index contributed by atoms with van der Waals surface area (Å²) in [5.74, 6) is -0.132. The second-order valence-electron chi connectivity index (χ2n) is 7.79. The third-order valence-electron chi connectivity index (χ3n) is 5.29. The first-order chi connectivity index (χ1) is 15.6. The number of carbonyl (C=O) groups is 1. The van der Waals surface area contributed by atoms with Crippen molar-refractivity contribution in [1.82, 2.24) is 10.1 Å². The van der Waals surface area contributed by atoms with Crippen molar-refractivity contribution in [2.24, 2.45) is 0 Å². The summed E-state index contributed by atoms with van der Waals surface area (Å²) in [4.78, 5) is 17.4. The maximum absolute atomic E-state index is 12.6. The van der Waals surface area contributed by atoms with Gasteiger partial charge < -0.3 is 9.84 Å². The van der Waals surface area contributed by atoms with Crippen molar-refractivity contribution < 1.29 is 9.32 Å². The van der Waals surface area contributed by atoms with Crippen LogP contribution in [0.3, 0.4) is 0 Å². The fraction of sp³-hybridized carbons (Fsp3) is 0.115. The molecule has 2 heterocycles. The van der Waals surface area contributed by atoms with Crippen LogP contribution < -0.4 is 5.32 Å². The number of nitrogens with one attached hydrogen (secondary N) is 1. The van der Waals surface area contributed by atoms with Gasteiger partial charge in [-0.2, -0.15) is 0 Å². The zero-order valence-electron chi connectivity index (χ0n) is 17.8. The second-order valence-corrected chi connectivity index (χ2v) is 8.65. The van der Waals surface area contributed by atoms with Crippen molar-refractivity contribution >= 4 is 33.9 Å². The van der Waals surface area contributed by atoms with Crippen molar-refractivity contribution in [2.75, 3.05) is 5.32 Å². The van der Waals surface area contributed by atoms with Gasteiger partial charge >= 0.3 is 0 Å². The number of anilines is 1. The van der Waals surface area contributed by atoms with Crippen molar-refractivity contribution in [3.63, 3.8) is 0 Å². The van der Waals surface area contributed by atoms with Crippen molar-refractivity contribution in [3.05, 3.63) is 88.9 Å². The number of carbonyl (C=O) groups excluding carboxylic acids is 1. The highest BCUT2D eigenvalue weighted by atomic mass is 32.1. The molecule has 3 aromatic carbocycles. The minimum Gasteiger partial charge on any atom is -0.356 e. The largest absolute Gasteiger partial charge is 0.356 e. The Morgan fingerprint density at radius 1 is 1.00 bits per heavy atom. The number of hydrogen-bond acceptors (Lipinski definition) is 5. The van der Waals surface area contributed by atoms with Crippen LogP contribution in [0.1, 0.15) is 16.8 Å². The molecule has 32 heavy (non-hydrogen) atoms. The molecule has 158 valence electrons. The van der Waals surface area contributed by atoms with Gasteiger partial charge in [-0.1, -0.05) is 53.7 Å². The lowest BCUT2D eigenvalue weighted by molar-refractivity contribution is -0.115. The Morgan fingerprint density at radius 2 is 1.78 bits per heavy atom. The predicted octanol–water partition coefficient (Wildman–Crippen LogP) is 6.42. The van der Waals surface area contributed by atoms with E-state index in [0.717, 1.165) is 49.6 Å². The standard InChI is InChI=1S/C26H21N3O2S/c1-16-12-17(2)25-21(13-16)22(29-31-25)14-24(30)27-20-10-8-18(9-11-20)23-15-32-26(28-23)19-6-4-3-5-7-19/h3-13,15H,14H2,1-2H3,(H,27,30). The number of fused-ring (bicyclic) bond motifs is 1. The Hall–Kier alpha value is -3.77. The first-order valence-electron chi connectivity index (χ1n) is 10.3. The molecule has 0 atom stereocenters. The molecule has 0 bridgehead atoms. The van der Waals surface area contributed by atoms with Crippen LogP contribution >= 0.6 is 11.3 Å². The van der Waals surface area contributed by atoms with Crippen LogP contribution in [0.15, 0.2) is 76.6 Å². The third kappa shape index (κ3) is 4.05. The molecule has 1 amide bonds. The van der Waals surface area contributed by atoms with Crippen LogP contribution in [-0.4, -0.2) is 16.0 Å². The molecule has 0 aliphatic heterocycles. The monoisotopic (exact) mass is 439 g/mol. The van der Waals surface area contributed by atoms with Gasteiger partial charge in [0.05, 0.1) is 12.1 Å². The van der Waals surface area contributed by atoms with E-state index in [1.54, 1.807) is 11.3 Å². The summed E-state index contributed by atoms with van der Waals surface area (Å²) < 4.78 is 5.45. The number of benzene rings is 3. The zero-order chi connectivity index (χ0) is 22.1. The van der Waals surface area contributed by atoms with E-state index in [2.05, 4.69) is 28.0 Å². The number of aryl methyl sites for hydroxylation is 2. The Labute approximate surface area is 189 Å². The molecule has 0 unspecified atom stereocenters. The molecule has 1 N–H and O–H groups in total. The fourth-order valence-electron chi connectivity index (χ4n) is 3.77. The number of hydrogen-bond donors (Lipinski definition) is 1. The number of rotatable bonds is 5. The van der Waals surface area contributed by atoms with E-state index < -0.39 is 0 Å². The van der Waals surface area contributed by atoms with E-state index in [9.17, 15) is 4.79 Å². The lowest BCUT2D eigenvalue weighted by Crippen LogP contribution is -2.14. The number of thiazole rings is 1. The van der Waals surface area contributed by atoms with Crippen LogP contribution in [0, 0.1) is 13.8 Å². The summed E-state index contributed by atoms with van der Waals surface area (Å²) >= 11 is 1.62. The van der Waals surface area contributed by atoms with Crippen LogP contribution in [0.2, 0.25) is 0 Å². The first kappa shape index (κ1) is 20.2. The third-order valence-corrected chi connectivity index (χ3v) is 6.19. The normalized spacial score (nSPS) is 11.1. The molecule has 5 aromatic rings. The number of nitrogens with zero attached hydrogens (tertiary/aromatic N) is 2. The van der Waals surface area contributed by atoms with E-state index in [1.807, 2.05) is 68.4 Å². The molecule has 0 spiro atoms. The van der Waals surface area contributed by atoms with E-state index in [0.29, 0.717) is 5.69 Å². The van der Waals surface area contributed by atoms with Gasteiger partial charge in [0.25, 0.3) is 0 Å². The highest BCUT2D eigenvalue weighted by molar-refractivity contribution is 7.13. The molecular formula is C26H21N3O2S. The van der Waals surface area contributed by atoms with Gasteiger partial charge in [0.1, 0.15) is 10.7 Å². The molecule has 2 aromatic heterocycles. The Bertz CT molecular complexity index is 1400. The molecular weight excluding hydrogens is 418 g/mol. The summed E-state index contributed by atoms with van der Waals surface area (Å²) in [5, 5.41) is 11.0. The second kappa shape index (κ2) is 8.40. The number of amides is 1. The van der Waals surface area contributed by atoms with Gasteiger partial charge in [-0.15, -0.1) is 11.3 Å². The summed E-state index contributed by atoms with van der Waals surface area (Å²) in [5.41, 5.74) is 7.30. The van der Waals surface area contributed by atoms with Gasteiger partial charge in [-0.3, -0.25) is 4.79 Å². The van der Waals surface area contributed by atoms with Crippen LogP contribution in [-0.2, 0) is 11.2 Å². The van der Waals surface area contributed by atoms with Crippen molar-refractivity contribution in [1.29, 1.82) is 0 Å². The molecule has 0 radical (unpaired) electrons. The average molecular weight is 440 g/mol. The maximum Gasteiger partial charge on any atom is 0.230 e. The van der Waals surface area contributed by atoms with Crippen molar-refractivity contribution in [2.45, 2.75) is 20.3 Å². The molecule has 0 aliphatic carbocycles.